The Kier molecular flexibility index (Phi) is 7.63. The lowest BCUT2D eigenvalue weighted by atomic mass is 9.99. The molecule has 0 aliphatic carbocycles. The summed E-state index contributed by atoms with van der Waals surface area (Å²) in [4.78, 5) is 18.1. The van der Waals surface area contributed by atoms with Crippen LogP contribution < -0.4 is 5.32 Å². The van der Waals surface area contributed by atoms with E-state index in [-0.39, 0.29) is 5.91 Å². The van der Waals surface area contributed by atoms with Crippen molar-refractivity contribution in [3.8, 4) is 11.1 Å². The highest BCUT2D eigenvalue weighted by Gasteiger charge is 2.09. The van der Waals surface area contributed by atoms with Crippen LogP contribution in [-0.2, 0) is 6.54 Å². The lowest BCUT2D eigenvalue weighted by molar-refractivity contribution is 0.0950. The Morgan fingerprint density at radius 1 is 1.06 bits per heavy atom. The molecule has 3 nitrogen and oxygen atoms in total. The van der Waals surface area contributed by atoms with Crippen molar-refractivity contribution in [2.45, 2.75) is 18.4 Å². The average molecular weight is 427 g/mol. The molecule has 0 aliphatic rings. The third-order valence-corrected chi connectivity index (χ3v) is 5.84. The van der Waals surface area contributed by atoms with Crippen LogP contribution in [0.5, 0.6) is 0 Å². The van der Waals surface area contributed by atoms with Gasteiger partial charge in [-0.05, 0) is 71.3 Å². The zero-order valence-corrected chi connectivity index (χ0v) is 18.7. The van der Waals surface area contributed by atoms with E-state index >= 15 is 0 Å². The highest BCUT2D eigenvalue weighted by atomic mass is 32.2. The Labute approximate surface area is 188 Å². The fourth-order valence-corrected chi connectivity index (χ4v) is 3.91. The van der Waals surface area contributed by atoms with Gasteiger partial charge in [0.05, 0.1) is 12.2 Å². The molecule has 2 aromatic carbocycles. The number of nitrogens with one attached hydrogen (secondary N) is 1. The second-order valence-corrected chi connectivity index (χ2v) is 7.89. The first kappa shape index (κ1) is 22.3. The number of hydrogen-bond acceptors (Lipinski definition) is 3. The topological polar surface area (TPSA) is 42.0 Å². The van der Waals surface area contributed by atoms with Crippen LogP contribution in [0.25, 0.3) is 16.7 Å². The Hall–Kier alpha value is -3.37. The first-order chi connectivity index (χ1) is 15.0. The summed E-state index contributed by atoms with van der Waals surface area (Å²) in [6.45, 7) is 10.1. The van der Waals surface area contributed by atoms with Gasteiger partial charge < -0.3 is 5.32 Å². The molecule has 31 heavy (non-hydrogen) atoms. The number of aromatic nitrogens is 1. The number of carbonyl (C=O) groups excluding carboxylic acids is 1. The van der Waals surface area contributed by atoms with Gasteiger partial charge in [-0.2, -0.15) is 0 Å². The molecule has 0 aliphatic heterocycles. The molecule has 1 aromatic heterocycles. The molecule has 3 aromatic rings. The number of pyridine rings is 1. The van der Waals surface area contributed by atoms with Crippen molar-refractivity contribution in [2.24, 2.45) is 0 Å². The predicted molar refractivity (Wildman–Crippen MR) is 132 cm³/mol. The van der Waals surface area contributed by atoms with Crippen LogP contribution in [0, 0.1) is 6.92 Å². The van der Waals surface area contributed by atoms with E-state index in [1.54, 1.807) is 24.0 Å². The highest BCUT2D eigenvalue weighted by Crippen LogP contribution is 2.25. The van der Waals surface area contributed by atoms with E-state index in [2.05, 4.69) is 35.6 Å². The minimum atomic E-state index is -0.102. The van der Waals surface area contributed by atoms with Crippen molar-refractivity contribution in [1.29, 1.82) is 0 Å². The number of amides is 1. The van der Waals surface area contributed by atoms with Crippen LogP contribution in [0.4, 0.5) is 0 Å². The molecule has 0 radical (unpaired) electrons. The number of rotatable bonds is 8. The van der Waals surface area contributed by atoms with Crippen molar-refractivity contribution in [3.05, 3.63) is 115 Å². The number of aryl methyl sites for hydroxylation is 1. The standard InChI is InChI=1S/C27H26N2OS/c1-5-8-20(6-2)21-9-7-10-22(15-21)23-13-14-28-25(16-23)18-29-27(30)24-12-11-19(3)26(17-24)31-4/h5-17H,1-2,18H2,3-4H3,(H,29,30)/b20-8+. The molecule has 0 unspecified atom stereocenters. The molecule has 0 saturated carbocycles. The minimum absolute atomic E-state index is 0.102. The Morgan fingerprint density at radius 2 is 1.87 bits per heavy atom. The van der Waals surface area contributed by atoms with Gasteiger partial charge in [0.25, 0.3) is 5.91 Å². The molecule has 0 fully saturated rings. The highest BCUT2D eigenvalue weighted by molar-refractivity contribution is 7.98. The molecule has 4 heteroatoms. The molecular weight excluding hydrogens is 400 g/mol. The number of allylic oxidation sites excluding steroid dienone is 4. The minimum Gasteiger partial charge on any atom is -0.346 e. The van der Waals surface area contributed by atoms with E-state index in [1.807, 2.05) is 67.8 Å². The maximum absolute atomic E-state index is 12.6. The summed E-state index contributed by atoms with van der Waals surface area (Å²) in [5.41, 5.74) is 6.84. The van der Waals surface area contributed by atoms with E-state index < -0.39 is 0 Å². The van der Waals surface area contributed by atoms with Crippen LogP contribution in [0.1, 0.15) is 27.2 Å². The van der Waals surface area contributed by atoms with Gasteiger partial charge in [-0.25, -0.2) is 0 Å². The molecule has 0 saturated heterocycles. The Morgan fingerprint density at radius 3 is 2.61 bits per heavy atom. The summed E-state index contributed by atoms with van der Waals surface area (Å²) in [6, 6.07) is 18.0. The second kappa shape index (κ2) is 10.6. The number of benzene rings is 2. The quantitative estimate of drug-likeness (QED) is 0.332. The molecule has 3 rings (SSSR count). The zero-order chi connectivity index (χ0) is 22.2. The molecule has 0 spiro atoms. The van der Waals surface area contributed by atoms with Crippen LogP contribution in [-0.4, -0.2) is 17.1 Å². The van der Waals surface area contributed by atoms with Gasteiger partial charge >= 0.3 is 0 Å². The maximum Gasteiger partial charge on any atom is 0.251 e. The number of hydrogen-bond donors (Lipinski definition) is 1. The van der Waals surface area contributed by atoms with Crippen LogP contribution >= 0.6 is 11.8 Å². The Balaban J connectivity index is 1.77. The second-order valence-electron chi connectivity index (χ2n) is 7.05. The fraction of sp³-hybridized carbons (Fsp3) is 0.111. The number of carbonyl (C=O) groups is 1. The van der Waals surface area contributed by atoms with Gasteiger partial charge in [0.15, 0.2) is 0 Å². The van der Waals surface area contributed by atoms with Gasteiger partial charge in [-0.3, -0.25) is 9.78 Å². The summed E-state index contributed by atoms with van der Waals surface area (Å²) in [5.74, 6) is -0.102. The van der Waals surface area contributed by atoms with Crippen molar-refractivity contribution in [2.75, 3.05) is 6.26 Å². The van der Waals surface area contributed by atoms with Crippen LogP contribution in [0.2, 0.25) is 0 Å². The molecule has 156 valence electrons. The van der Waals surface area contributed by atoms with Gasteiger partial charge in [0.2, 0.25) is 0 Å². The van der Waals surface area contributed by atoms with Gasteiger partial charge in [-0.1, -0.05) is 55.7 Å². The van der Waals surface area contributed by atoms with E-state index in [0.29, 0.717) is 12.1 Å². The van der Waals surface area contributed by atoms with E-state index in [9.17, 15) is 4.79 Å². The van der Waals surface area contributed by atoms with Gasteiger partial charge in [0, 0.05) is 16.7 Å². The normalized spacial score (nSPS) is 11.1. The predicted octanol–water partition coefficient (Wildman–Crippen LogP) is 6.46. The zero-order valence-electron chi connectivity index (χ0n) is 17.9. The van der Waals surface area contributed by atoms with E-state index in [4.69, 9.17) is 0 Å². The number of nitrogens with zero attached hydrogens (tertiary/aromatic N) is 1. The summed E-state index contributed by atoms with van der Waals surface area (Å²) < 4.78 is 0. The van der Waals surface area contributed by atoms with Gasteiger partial charge in [-0.15, -0.1) is 11.8 Å². The molecule has 1 heterocycles. The molecule has 0 bridgehead atoms. The Bertz CT molecular complexity index is 1150. The average Bonchev–Trinajstić information content (AvgIpc) is 2.81. The smallest absolute Gasteiger partial charge is 0.251 e. The van der Waals surface area contributed by atoms with Crippen molar-refractivity contribution >= 4 is 23.2 Å². The van der Waals surface area contributed by atoms with Crippen LogP contribution in [0.15, 0.2) is 97.1 Å². The van der Waals surface area contributed by atoms with Crippen molar-refractivity contribution < 1.29 is 4.79 Å². The van der Waals surface area contributed by atoms with Crippen molar-refractivity contribution in [1.82, 2.24) is 10.3 Å². The fourth-order valence-electron chi connectivity index (χ4n) is 3.28. The third-order valence-electron chi connectivity index (χ3n) is 4.96. The monoisotopic (exact) mass is 426 g/mol. The van der Waals surface area contributed by atoms with Crippen LogP contribution in [0.3, 0.4) is 0 Å². The SMILES string of the molecule is C=C/C=C(\C=C)c1cccc(-c2ccnc(CNC(=O)c3ccc(C)c(SC)c3)c2)c1. The lowest BCUT2D eigenvalue weighted by Crippen LogP contribution is -2.23. The molecule has 1 amide bonds. The summed E-state index contributed by atoms with van der Waals surface area (Å²) in [5, 5.41) is 2.98. The number of thioether (sulfide) groups is 1. The molecular formula is C27H26N2OS. The van der Waals surface area contributed by atoms with E-state index in [1.165, 1.54) is 5.56 Å². The first-order valence-electron chi connectivity index (χ1n) is 9.99. The lowest BCUT2D eigenvalue weighted by Gasteiger charge is -2.10. The maximum atomic E-state index is 12.6. The van der Waals surface area contributed by atoms with Crippen molar-refractivity contribution in [3.63, 3.8) is 0 Å². The van der Waals surface area contributed by atoms with E-state index in [0.717, 1.165) is 32.9 Å². The molecule has 1 N–H and O–H groups in total. The molecule has 0 atom stereocenters. The van der Waals surface area contributed by atoms with Gasteiger partial charge in [0.1, 0.15) is 0 Å². The summed E-state index contributed by atoms with van der Waals surface area (Å²) in [7, 11) is 0. The first-order valence-corrected chi connectivity index (χ1v) is 11.2. The third kappa shape index (κ3) is 5.62. The largest absolute Gasteiger partial charge is 0.346 e. The summed E-state index contributed by atoms with van der Waals surface area (Å²) >= 11 is 1.64. The summed E-state index contributed by atoms with van der Waals surface area (Å²) in [6.07, 6.45) is 9.30.